The molecular weight excluding hydrogens is 591 g/mol. The highest BCUT2D eigenvalue weighted by atomic mass is 35.5. The van der Waals surface area contributed by atoms with Crippen LogP contribution in [0.2, 0.25) is 10.0 Å². The van der Waals surface area contributed by atoms with Crippen molar-refractivity contribution in [2.24, 2.45) is 5.92 Å². The van der Waals surface area contributed by atoms with Crippen LogP contribution in [0.5, 0.6) is 0 Å². The van der Waals surface area contributed by atoms with Crippen molar-refractivity contribution in [1.29, 1.82) is 0 Å². The van der Waals surface area contributed by atoms with Crippen molar-refractivity contribution in [1.82, 2.24) is 10.2 Å². The highest BCUT2D eigenvalue weighted by molar-refractivity contribution is 7.90. The first-order valence-electron chi connectivity index (χ1n) is 12.8. The van der Waals surface area contributed by atoms with Crippen molar-refractivity contribution >= 4 is 50.8 Å². The van der Waals surface area contributed by atoms with E-state index in [1.165, 1.54) is 18.2 Å². The Bertz CT molecular complexity index is 1650. The number of carboxylic acids is 1. The molecule has 2 aromatic rings. The Balaban J connectivity index is 1.32. The predicted molar refractivity (Wildman–Crippen MR) is 152 cm³/mol. The number of ether oxygens (including phenoxy) is 1. The molecule has 0 bridgehead atoms. The van der Waals surface area contributed by atoms with Gasteiger partial charge >= 0.3 is 5.97 Å². The van der Waals surface area contributed by atoms with E-state index in [2.05, 4.69) is 5.32 Å². The minimum atomic E-state index is -3.50. The summed E-state index contributed by atoms with van der Waals surface area (Å²) in [6, 6.07) is 6.08. The summed E-state index contributed by atoms with van der Waals surface area (Å²) in [5.74, 6) is -2.11. The number of hydrogen-bond acceptors (Lipinski definition) is 6. The van der Waals surface area contributed by atoms with Crippen LogP contribution in [0.1, 0.15) is 27.0 Å². The van der Waals surface area contributed by atoms with Gasteiger partial charge in [0.05, 0.1) is 26.8 Å². The Morgan fingerprint density at radius 3 is 2.71 bits per heavy atom. The van der Waals surface area contributed by atoms with Crippen molar-refractivity contribution in [3.63, 3.8) is 0 Å². The van der Waals surface area contributed by atoms with Crippen molar-refractivity contribution in [2.75, 3.05) is 12.8 Å². The monoisotopic (exact) mass is 616 g/mol. The molecule has 0 spiro atoms. The third-order valence-corrected chi connectivity index (χ3v) is 9.12. The number of sulfone groups is 1. The Morgan fingerprint density at radius 1 is 1.20 bits per heavy atom. The van der Waals surface area contributed by atoms with Crippen LogP contribution in [0.3, 0.4) is 0 Å². The molecule has 0 aromatic heterocycles. The number of halogens is 2. The quantitative estimate of drug-likeness (QED) is 0.485. The van der Waals surface area contributed by atoms with E-state index in [0.29, 0.717) is 35.2 Å². The van der Waals surface area contributed by atoms with Crippen LogP contribution in [0.25, 0.3) is 0 Å². The Kier molecular flexibility index (Phi) is 8.00. The number of hydrogen-bond donors (Lipinski definition) is 2. The number of fused-ring (bicyclic) bond motifs is 2. The van der Waals surface area contributed by atoms with Crippen molar-refractivity contribution < 1.29 is 32.6 Å². The second-order valence-electron chi connectivity index (χ2n) is 10.1. The molecule has 3 atom stereocenters. The molecule has 0 saturated carbocycles. The topological polar surface area (TPSA) is 130 Å². The first kappa shape index (κ1) is 28.9. The minimum absolute atomic E-state index is 0.0220. The fourth-order valence-electron chi connectivity index (χ4n) is 5.13. The largest absolute Gasteiger partial charge is 0.493 e. The summed E-state index contributed by atoms with van der Waals surface area (Å²) in [6.07, 6.45) is 10.2. The Labute approximate surface area is 247 Å². The van der Waals surface area contributed by atoms with Crippen molar-refractivity contribution in [2.45, 2.75) is 36.4 Å². The molecule has 3 aliphatic rings. The number of nitrogens with zero attached hydrogens (tertiary/aromatic N) is 1. The number of rotatable bonds is 7. The molecule has 5 rings (SSSR count). The zero-order chi connectivity index (χ0) is 29.5. The van der Waals surface area contributed by atoms with Crippen LogP contribution < -0.4 is 5.32 Å². The maximum Gasteiger partial charge on any atom is 0.326 e. The van der Waals surface area contributed by atoms with Gasteiger partial charge in [-0.3, -0.25) is 9.59 Å². The van der Waals surface area contributed by atoms with Gasteiger partial charge in [0.1, 0.15) is 12.1 Å². The van der Waals surface area contributed by atoms with Gasteiger partial charge in [-0.25, -0.2) is 13.2 Å². The molecule has 9 nitrogen and oxygen atoms in total. The minimum Gasteiger partial charge on any atom is -0.493 e. The lowest BCUT2D eigenvalue weighted by Crippen LogP contribution is -2.43. The van der Waals surface area contributed by atoms with Gasteiger partial charge in [0.15, 0.2) is 9.84 Å². The summed E-state index contributed by atoms with van der Waals surface area (Å²) < 4.78 is 29.3. The lowest BCUT2D eigenvalue weighted by atomic mass is 9.93. The van der Waals surface area contributed by atoms with Crippen LogP contribution >= 0.6 is 23.2 Å². The Hall–Kier alpha value is -3.60. The second-order valence-corrected chi connectivity index (χ2v) is 12.9. The smallest absolute Gasteiger partial charge is 0.326 e. The van der Waals surface area contributed by atoms with Crippen LogP contribution in [0.15, 0.2) is 71.4 Å². The van der Waals surface area contributed by atoms with Crippen LogP contribution in [0, 0.1) is 5.92 Å². The molecule has 12 heteroatoms. The number of carbonyl (C=O) groups excluding carboxylic acids is 2. The van der Waals surface area contributed by atoms with Crippen molar-refractivity contribution in [3.05, 3.63) is 98.8 Å². The fraction of sp³-hybridized carbons (Fsp3) is 0.276. The maximum atomic E-state index is 13.2. The van der Waals surface area contributed by atoms with Gasteiger partial charge in [0.25, 0.3) is 11.8 Å². The standard InChI is InChI=1S/C29H26Cl2N2O7S/c1-41(38,39)20-4-2-3-16(11-20)12-23(29(36)37)32-27(34)25-22(30)13-19-15-33(9-7-21(19)26(25)31)28(35)18-6-5-17-8-10-40-24(17)14-18/h2-6,8,10-11,13-14,17,23-24H,7,9,12,15H2,1H3,(H,32,34)(H,36,37)/t17?,23-,24?/m0/s1. The van der Waals surface area contributed by atoms with Crippen molar-refractivity contribution in [3.8, 4) is 0 Å². The average Bonchev–Trinajstić information content (AvgIpc) is 3.39. The zero-order valence-electron chi connectivity index (χ0n) is 21.8. The molecule has 2 heterocycles. The molecule has 2 N–H and O–H groups in total. The Morgan fingerprint density at radius 2 is 1.98 bits per heavy atom. The van der Waals surface area contributed by atoms with Gasteiger partial charge in [-0.05, 0) is 53.5 Å². The third-order valence-electron chi connectivity index (χ3n) is 7.29. The number of nitrogens with one attached hydrogen (secondary N) is 1. The van der Waals surface area contributed by atoms with Gasteiger partial charge in [-0.1, -0.05) is 47.5 Å². The first-order valence-corrected chi connectivity index (χ1v) is 15.4. The maximum absolute atomic E-state index is 13.2. The molecule has 1 aliphatic carbocycles. The molecule has 0 radical (unpaired) electrons. The zero-order valence-corrected chi connectivity index (χ0v) is 24.2. The molecule has 41 heavy (non-hydrogen) atoms. The normalized spacial score (nSPS) is 20.0. The number of aliphatic carboxylic acids is 1. The number of carboxylic acid groups (broad SMARTS) is 1. The molecule has 2 amide bonds. The van der Waals surface area contributed by atoms with E-state index >= 15 is 0 Å². The first-order chi connectivity index (χ1) is 19.4. The van der Waals surface area contributed by atoms with Crippen LogP contribution in [0.4, 0.5) is 0 Å². The van der Waals surface area contributed by atoms with E-state index in [0.717, 1.165) is 6.26 Å². The fourth-order valence-corrected chi connectivity index (χ4v) is 6.58. The van der Waals surface area contributed by atoms with E-state index in [-0.39, 0.29) is 51.4 Å². The SMILES string of the molecule is CS(=O)(=O)c1cccc(C[C@H](NC(=O)c2c(Cl)cc3c(c2Cl)CCN(C(=O)C2=CC4OC=CC4C=C2)C3)C(=O)O)c1. The summed E-state index contributed by atoms with van der Waals surface area (Å²) in [4.78, 5) is 40.2. The number of carbonyl (C=O) groups is 3. The molecule has 2 aliphatic heterocycles. The summed E-state index contributed by atoms with van der Waals surface area (Å²) in [5, 5.41) is 12.4. The van der Waals surface area contributed by atoms with E-state index in [9.17, 15) is 27.9 Å². The van der Waals surface area contributed by atoms with Crippen LogP contribution in [-0.4, -0.2) is 61.2 Å². The lowest BCUT2D eigenvalue weighted by molar-refractivity contribution is -0.139. The van der Waals surface area contributed by atoms with E-state index in [4.69, 9.17) is 27.9 Å². The van der Waals surface area contributed by atoms with E-state index in [1.807, 2.05) is 18.2 Å². The number of amides is 2. The molecule has 214 valence electrons. The van der Waals surface area contributed by atoms with Gasteiger partial charge in [0.2, 0.25) is 0 Å². The summed E-state index contributed by atoms with van der Waals surface area (Å²) in [6.45, 7) is 0.601. The molecular formula is C29H26Cl2N2O7S. The van der Waals surface area contributed by atoms with Gasteiger partial charge in [-0.15, -0.1) is 0 Å². The highest BCUT2D eigenvalue weighted by Gasteiger charge is 2.32. The third kappa shape index (κ3) is 6.05. The molecule has 0 fully saturated rings. The number of benzene rings is 2. The van der Waals surface area contributed by atoms with Gasteiger partial charge < -0.3 is 20.1 Å². The van der Waals surface area contributed by atoms with E-state index in [1.54, 1.807) is 29.4 Å². The molecule has 2 aromatic carbocycles. The summed E-state index contributed by atoms with van der Waals surface area (Å²) >= 11 is 13.1. The second kappa shape index (κ2) is 11.3. The average molecular weight is 618 g/mol. The lowest BCUT2D eigenvalue weighted by Gasteiger charge is -2.31. The predicted octanol–water partition coefficient (Wildman–Crippen LogP) is 3.73. The molecule has 0 saturated heterocycles. The van der Waals surface area contributed by atoms with Crippen LogP contribution in [-0.2, 0) is 43.5 Å². The summed E-state index contributed by atoms with van der Waals surface area (Å²) in [7, 11) is -3.50. The van der Waals surface area contributed by atoms with Gasteiger partial charge in [0, 0.05) is 37.3 Å². The van der Waals surface area contributed by atoms with E-state index < -0.39 is 27.8 Å². The van der Waals surface area contributed by atoms with Gasteiger partial charge in [-0.2, -0.15) is 0 Å². The summed E-state index contributed by atoms with van der Waals surface area (Å²) in [5.41, 5.74) is 2.25. The molecule has 2 unspecified atom stereocenters. The highest BCUT2D eigenvalue weighted by Crippen LogP contribution is 2.35.